The van der Waals surface area contributed by atoms with Crippen molar-refractivity contribution in [2.45, 2.75) is 6.54 Å². The van der Waals surface area contributed by atoms with Crippen LogP contribution in [-0.4, -0.2) is 20.7 Å². The maximum atomic E-state index is 11.5. The van der Waals surface area contributed by atoms with Gasteiger partial charge in [0.1, 0.15) is 0 Å². The second-order valence-corrected chi connectivity index (χ2v) is 3.94. The first-order valence-electron chi connectivity index (χ1n) is 4.41. The Morgan fingerprint density at radius 2 is 2.53 bits per heavy atom. The quantitative estimate of drug-likeness (QED) is 0.836. The van der Waals surface area contributed by atoms with E-state index < -0.39 is 0 Å². The number of amides is 1. The molecule has 1 N–H and O–H groups in total. The van der Waals surface area contributed by atoms with Crippen LogP contribution in [0.15, 0.2) is 24.0 Å². The third-order valence-corrected chi connectivity index (χ3v) is 2.61. The van der Waals surface area contributed by atoms with E-state index in [0.29, 0.717) is 11.6 Å². The van der Waals surface area contributed by atoms with Gasteiger partial charge in [-0.2, -0.15) is 5.10 Å². The molecule has 2 rings (SSSR count). The van der Waals surface area contributed by atoms with E-state index in [-0.39, 0.29) is 5.91 Å². The fraction of sp³-hybridized carbons (Fsp3) is 0.222. The lowest BCUT2D eigenvalue weighted by molar-refractivity contribution is 0.0950. The van der Waals surface area contributed by atoms with Gasteiger partial charge in [-0.05, 0) is 0 Å². The molecule has 0 spiro atoms. The van der Waals surface area contributed by atoms with Gasteiger partial charge in [-0.3, -0.25) is 9.48 Å². The van der Waals surface area contributed by atoms with E-state index in [2.05, 4.69) is 15.4 Å². The second-order valence-electron chi connectivity index (χ2n) is 3.04. The Morgan fingerprint density at radius 1 is 1.67 bits per heavy atom. The molecule has 5 nitrogen and oxygen atoms in total. The van der Waals surface area contributed by atoms with Crippen LogP contribution in [0.2, 0.25) is 0 Å². The highest BCUT2D eigenvalue weighted by atomic mass is 32.1. The highest BCUT2D eigenvalue weighted by molar-refractivity contribution is 7.11. The maximum absolute atomic E-state index is 11.5. The molecule has 0 fully saturated rings. The van der Waals surface area contributed by atoms with Crippen LogP contribution in [-0.2, 0) is 13.6 Å². The van der Waals surface area contributed by atoms with Crippen molar-refractivity contribution in [3.63, 3.8) is 0 Å². The summed E-state index contributed by atoms with van der Waals surface area (Å²) in [5.74, 6) is -0.145. The normalized spacial score (nSPS) is 10.2. The summed E-state index contributed by atoms with van der Waals surface area (Å²) in [6.07, 6.45) is 5.20. The van der Waals surface area contributed by atoms with E-state index in [1.165, 1.54) is 11.3 Å². The molecule has 0 aliphatic carbocycles. The molecule has 0 radical (unpaired) electrons. The van der Waals surface area contributed by atoms with Crippen LogP contribution < -0.4 is 5.32 Å². The summed E-state index contributed by atoms with van der Waals surface area (Å²) in [5.41, 5.74) is 0.974. The topological polar surface area (TPSA) is 59.8 Å². The molecule has 0 aromatic carbocycles. The van der Waals surface area contributed by atoms with Crippen LogP contribution in [0.25, 0.3) is 0 Å². The van der Waals surface area contributed by atoms with Crippen LogP contribution >= 0.6 is 11.3 Å². The number of carbonyl (C=O) groups is 1. The smallest absolute Gasteiger partial charge is 0.280 e. The van der Waals surface area contributed by atoms with Crippen LogP contribution in [0.5, 0.6) is 0 Å². The van der Waals surface area contributed by atoms with Gasteiger partial charge in [0, 0.05) is 36.9 Å². The van der Waals surface area contributed by atoms with E-state index >= 15 is 0 Å². The average Bonchev–Trinajstić information content (AvgIpc) is 2.84. The molecule has 0 unspecified atom stereocenters. The molecule has 2 aromatic heterocycles. The zero-order chi connectivity index (χ0) is 10.7. The zero-order valence-corrected chi connectivity index (χ0v) is 8.99. The maximum Gasteiger partial charge on any atom is 0.280 e. The Morgan fingerprint density at radius 3 is 3.13 bits per heavy atom. The number of hydrogen-bond donors (Lipinski definition) is 1. The van der Waals surface area contributed by atoms with Gasteiger partial charge in [-0.15, -0.1) is 11.3 Å². The van der Waals surface area contributed by atoms with Gasteiger partial charge in [0.15, 0.2) is 5.01 Å². The van der Waals surface area contributed by atoms with Crippen molar-refractivity contribution < 1.29 is 4.79 Å². The number of nitrogens with one attached hydrogen (secondary N) is 1. The van der Waals surface area contributed by atoms with Crippen LogP contribution in [0.1, 0.15) is 15.4 Å². The number of carbonyl (C=O) groups excluding carboxylic acids is 1. The summed E-state index contributed by atoms with van der Waals surface area (Å²) in [6, 6.07) is 0. The summed E-state index contributed by atoms with van der Waals surface area (Å²) >= 11 is 1.33. The Balaban J connectivity index is 1.91. The van der Waals surface area contributed by atoms with Crippen molar-refractivity contribution >= 4 is 17.2 Å². The van der Waals surface area contributed by atoms with Gasteiger partial charge >= 0.3 is 0 Å². The number of nitrogens with zero attached hydrogens (tertiary/aromatic N) is 3. The summed E-state index contributed by atoms with van der Waals surface area (Å²) in [6.45, 7) is 0.478. The lowest BCUT2D eigenvalue weighted by Crippen LogP contribution is -2.22. The van der Waals surface area contributed by atoms with Crippen LogP contribution in [0, 0.1) is 0 Å². The van der Waals surface area contributed by atoms with E-state index in [1.807, 2.05) is 13.2 Å². The first-order chi connectivity index (χ1) is 7.25. The Hall–Kier alpha value is -1.69. The van der Waals surface area contributed by atoms with Crippen molar-refractivity contribution in [3.05, 3.63) is 34.5 Å². The third kappa shape index (κ3) is 2.41. The molecule has 0 aliphatic rings. The lowest BCUT2D eigenvalue weighted by atomic mass is 10.3. The van der Waals surface area contributed by atoms with Gasteiger partial charge < -0.3 is 5.32 Å². The van der Waals surface area contributed by atoms with Gasteiger partial charge in [0.25, 0.3) is 5.91 Å². The Kier molecular flexibility index (Phi) is 2.77. The molecule has 0 bridgehead atoms. The number of aromatic nitrogens is 3. The van der Waals surface area contributed by atoms with Crippen molar-refractivity contribution in [3.8, 4) is 0 Å². The highest BCUT2D eigenvalue weighted by Crippen LogP contribution is 2.04. The van der Waals surface area contributed by atoms with E-state index in [4.69, 9.17) is 0 Å². The molecule has 2 heterocycles. The molecular weight excluding hydrogens is 212 g/mol. The first-order valence-corrected chi connectivity index (χ1v) is 5.29. The first kappa shape index (κ1) is 9.85. The van der Waals surface area contributed by atoms with Crippen LogP contribution in [0.4, 0.5) is 0 Å². The van der Waals surface area contributed by atoms with Gasteiger partial charge in [-0.1, -0.05) is 0 Å². The van der Waals surface area contributed by atoms with Gasteiger partial charge in [-0.25, -0.2) is 4.98 Å². The van der Waals surface area contributed by atoms with Gasteiger partial charge in [0.2, 0.25) is 0 Å². The number of aryl methyl sites for hydroxylation is 1. The summed E-state index contributed by atoms with van der Waals surface area (Å²) < 4.78 is 1.70. The molecule has 0 saturated carbocycles. The minimum absolute atomic E-state index is 0.145. The van der Waals surface area contributed by atoms with Crippen molar-refractivity contribution in [1.82, 2.24) is 20.1 Å². The standard InChI is InChI=1S/C9H10N4OS/c1-13-6-7(5-12-13)4-11-8(14)9-10-2-3-15-9/h2-3,5-6H,4H2,1H3,(H,11,14). The lowest BCUT2D eigenvalue weighted by Gasteiger charge is -1.99. The highest BCUT2D eigenvalue weighted by Gasteiger charge is 2.07. The molecule has 6 heteroatoms. The minimum atomic E-state index is -0.145. The molecule has 0 aliphatic heterocycles. The molecular formula is C9H10N4OS. The summed E-state index contributed by atoms with van der Waals surface area (Å²) in [4.78, 5) is 15.4. The molecule has 78 valence electrons. The Labute approximate surface area is 90.8 Å². The molecule has 0 saturated heterocycles. The predicted octanol–water partition coefficient (Wildman–Crippen LogP) is 0.807. The third-order valence-electron chi connectivity index (χ3n) is 1.84. The van der Waals surface area contributed by atoms with Crippen molar-refractivity contribution in [2.24, 2.45) is 7.05 Å². The monoisotopic (exact) mass is 222 g/mol. The van der Waals surface area contributed by atoms with E-state index in [9.17, 15) is 4.79 Å². The molecule has 0 atom stereocenters. The fourth-order valence-electron chi connectivity index (χ4n) is 1.16. The van der Waals surface area contributed by atoms with Gasteiger partial charge in [0.05, 0.1) is 6.20 Å². The minimum Gasteiger partial charge on any atom is -0.346 e. The number of hydrogen-bond acceptors (Lipinski definition) is 4. The van der Waals surface area contributed by atoms with Crippen LogP contribution in [0.3, 0.4) is 0 Å². The SMILES string of the molecule is Cn1cc(CNC(=O)c2nccs2)cn1. The van der Waals surface area contributed by atoms with Crippen molar-refractivity contribution in [1.29, 1.82) is 0 Å². The second kappa shape index (κ2) is 4.22. The number of thiazole rings is 1. The largest absolute Gasteiger partial charge is 0.346 e. The predicted molar refractivity (Wildman–Crippen MR) is 56.5 cm³/mol. The Bertz CT molecular complexity index is 448. The summed E-state index contributed by atoms with van der Waals surface area (Å²) in [7, 11) is 1.84. The summed E-state index contributed by atoms with van der Waals surface area (Å²) in [5, 5.41) is 9.04. The van der Waals surface area contributed by atoms with E-state index in [1.54, 1.807) is 22.5 Å². The fourth-order valence-corrected chi connectivity index (χ4v) is 1.71. The van der Waals surface area contributed by atoms with E-state index in [0.717, 1.165) is 5.56 Å². The number of rotatable bonds is 3. The molecule has 15 heavy (non-hydrogen) atoms. The molecule has 2 aromatic rings. The van der Waals surface area contributed by atoms with Crippen molar-refractivity contribution in [2.75, 3.05) is 0 Å². The average molecular weight is 222 g/mol. The zero-order valence-electron chi connectivity index (χ0n) is 8.17. The molecule has 1 amide bonds.